The van der Waals surface area contributed by atoms with Crippen molar-refractivity contribution in [1.29, 1.82) is 0 Å². The molecule has 116 valence electrons. The Bertz CT molecular complexity index is 669. The molecule has 0 spiro atoms. The van der Waals surface area contributed by atoms with Crippen molar-refractivity contribution >= 4 is 11.6 Å². The lowest BCUT2D eigenvalue weighted by Crippen LogP contribution is -2.55. The molecular weight excluding hydrogens is 302 g/mol. The van der Waals surface area contributed by atoms with Crippen LogP contribution in [-0.4, -0.2) is 34.1 Å². The van der Waals surface area contributed by atoms with Crippen LogP contribution in [0.1, 0.15) is 5.56 Å². The van der Waals surface area contributed by atoms with Crippen LogP contribution < -0.4 is 10.2 Å². The molecule has 9 heteroatoms. The van der Waals surface area contributed by atoms with E-state index in [0.29, 0.717) is 13.1 Å². The van der Waals surface area contributed by atoms with Gasteiger partial charge in [0.25, 0.3) is 0 Å². The number of alkyl halides is 3. The zero-order chi connectivity index (χ0) is 15.7. The lowest BCUT2D eigenvalue weighted by molar-refractivity contribution is -0.137. The van der Waals surface area contributed by atoms with Gasteiger partial charge in [0, 0.05) is 19.3 Å². The normalized spacial score (nSPS) is 15.5. The smallest absolute Gasteiger partial charge is 0.361 e. The second-order valence-corrected chi connectivity index (χ2v) is 4.87. The maximum atomic E-state index is 13.4. The van der Waals surface area contributed by atoms with Crippen LogP contribution in [0, 0.1) is 5.82 Å². The Labute approximate surface area is 123 Å². The summed E-state index contributed by atoms with van der Waals surface area (Å²) in [6.45, 7) is 0.829. The third-order valence-electron chi connectivity index (χ3n) is 3.29. The van der Waals surface area contributed by atoms with Gasteiger partial charge in [0.2, 0.25) is 0 Å². The van der Waals surface area contributed by atoms with Crippen molar-refractivity contribution in [2.75, 3.05) is 23.3 Å². The molecule has 1 saturated heterocycles. The summed E-state index contributed by atoms with van der Waals surface area (Å²) in [7, 11) is 0. The van der Waals surface area contributed by atoms with Gasteiger partial charge in [-0.3, -0.25) is 0 Å². The van der Waals surface area contributed by atoms with Crippen LogP contribution >= 0.6 is 0 Å². The summed E-state index contributed by atoms with van der Waals surface area (Å²) in [6, 6.07) is 1.82. The maximum Gasteiger partial charge on any atom is 0.416 e. The van der Waals surface area contributed by atoms with E-state index in [0.717, 1.165) is 24.5 Å². The highest BCUT2D eigenvalue weighted by molar-refractivity contribution is 5.48. The molecular formula is C13H11F4N5. The van der Waals surface area contributed by atoms with Crippen LogP contribution in [0.25, 0.3) is 0 Å². The standard InChI is InChI=1S/C13H11F4N5/c14-10-4-18-7-20-12(10)21-9-5-22(6-9)11-3-8(1-2-19-11)13(15,16)17/h1-4,7,9H,5-6H2,(H,18,20,21). The van der Waals surface area contributed by atoms with Crippen LogP contribution in [0.2, 0.25) is 0 Å². The zero-order valence-electron chi connectivity index (χ0n) is 11.2. The minimum Gasteiger partial charge on any atom is -0.361 e. The van der Waals surface area contributed by atoms with E-state index in [1.807, 2.05) is 0 Å². The Hall–Kier alpha value is -2.45. The number of aromatic nitrogens is 3. The fraction of sp³-hybridized carbons (Fsp3) is 0.308. The monoisotopic (exact) mass is 313 g/mol. The first-order valence-electron chi connectivity index (χ1n) is 6.44. The van der Waals surface area contributed by atoms with Gasteiger partial charge in [-0.05, 0) is 12.1 Å². The molecule has 0 atom stereocenters. The maximum absolute atomic E-state index is 13.4. The summed E-state index contributed by atoms with van der Waals surface area (Å²) >= 11 is 0. The van der Waals surface area contributed by atoms with Gasteiger partial charge in [-0.2, -0.15) is 13.2 Å². The highest BCUT2D eigenvalue weighted by Crippen LogP contribution is 2.31. The molecule has 0 amide bonds. The highest BCUT2D eigenvalue weighted by atomic mass is 19.4. The first kappa shape index (κ1) is 14.5. The van der Waals surface area contributed by atoms with Crippen molar-refractivity contribution in [1.82, 2.24) is 15.0 Å². The van der Waals surface area contributed by atoms with E-state index in [2.05, 4.69) is 20.3 Å². The number of nitrogens with zero attached hydrogens (tertiary/aromatic N) is 4. The van der Waals surface area contributed by atoms with E-state index >= 15 is 0 Å². The predicted octanol–water partition coefficient (Wildman–Crippen LogP) is 2.33. The summed E-state index contributed by atoms with van der Waals surface area (Å²) in [6.07, 6.45) is -1.01. The van der Waals surface area contributed by atoms with E-state index in [1.165, 1.54) is 6.33 Å². The van der Waals surface area contributed by atoms with Gasteiger partial charge in [0.1, 0.15) is 12.1 Å². The Morgan fingerprint density at radius 2 is 2.00 bits per heavy atom. The molecule has 22 heavy (non-hydrogen) atoms. The van der Waals surface area contributed by atoms with Crippen LogP contribution in [-0.2, 0) is 6.18 Å². The molecule has 1 N–H and O–H groups in total. The minimum atomic E-state index is -4.40. The molecule has 0 bridgehead atoms. The molecule has 1 fully saturated rings. The van der Waals surface area contributed by atoms with Crippen LogP contribution in [0.4, 0.5) is 29.2 Å². The summed E-state index contributed by atoms with van der Waals surface area (Å²) in [5.41, 5.74) is -0.740. The summed E-state index contributed by atoms with van der Waals surface area (Å²) in [5, 5.41) is 2.87. The largest absolute Gasteiger partial charge is 0.416 e. The van der Waals surface area contributed by atoms with Gasteiger partial charge in [-0.15, -0.1) is 0 Å². The molecule has 3 heterocycles. The van der Waals surface area contributed by atoms with Gasteiger partial charge >= 0.3 is 6.18 Å². The molecule has 0 aliphatic carbocycles. The summed E-state index contributed by atoms with van der Waals surface area (Å²) in [4.78, 5) is 12.9. The third kappa shape index (κ3) is 2.92. The lowest BCUT2D eigenvalue weighted by atomic mass is 10.1. The van der Waals surface area contributed by atoms with Gasteiger partial charge in [0.05, 0.1) is 17.8 Å². The molecule has 1 aliphatic heterocycles. The zero-order valence-corrected chi connectivity index (χ0v) is 11.2. The molecule has 0 aromatic carbocycles. The second-order valence-electron chi connectivity index (χ2n) is 4.87. The topological polar surface area (TPSA) is 53.9 Å². The number of pyridine rings is 1. The predicted molar refractivity (Wildman–Crippen MR) is 70.9 cm³/mol. The number of halogens is 4. The molecule has 5 nitrogen and oxygen atoms in total. The van der Waals surface area contributed by atoms with Crippen molar-refractivity contribution in [3.8, 4) is 0 Å². The molecule has 0 saturated carbocycles. The Morgan fingerprint density at radius 1 is 1.23 bits per heavy atom. The van der Waals surface area contributed by atoms with Crippen molar-refractivity contribution in [3.05, 3.63) is 42.2 Å². The average Bonchev–Trinajstić information content (AvgIpc) is 2.43. The lowest BCUT2D eigenvalue weighted by Gasteiger charge is -2.40. The fourth-order valence-electron chi connectivity index (χ4n) is 2.14. The number of hydrogen-bond donors (Lipinski definition) is 1. The van der Waals surface area contributed by atoms with Gasteiger partial charge in [-0.1, -0.05) is 0 Å². The Kier molecular flexibility index (Phi) is 3.55. The average molecular weight is 313 g/mol. The molecule has 0 unspecified atom stereocenters. The van der Waals surface area contributed by atoms with Crippen molar-refractivity contribution in [2.24, 2.45) is 0 Å². The van der Waals surface area contributed by atoms with Crippen LogP contribution in [0.3, 0.4) is 0 Å². The van der Waals surface area contributed by atoms with E-state index < -0.39 is 17.6 Å². The van der Waals surface area contributed by atoms with Crippen LogP contribution in [0.5, 0.6) is 0 Å². The first-order valence-corrected chi connectivity index (χ1v) is 6.44. The molecule has 2 aromatic rings. The quantitative estimate of drug-likeness (QED) is 0.882. The number of rotatable bonds is 3. The molecule has 1 aliphatic rings. The van der Waals surface area contributed by atoms with E-state index in [-0.39, 0.29) is 17.7 Å². The van der Waals surface area contributed by atoms with Gasteiger partial charge in [0.15, 0.2) is 11.6 Å². The Morgan fingerprint density at radius 3 is 2.68 bits per heavy atom. The first-order chi connectivity index (χ1) is 10.4. The molecule has 0 radical (unpaired) electrons. The fourth-order valence-corrected chi connectivity index (χ4v) is 2.14. The van der Waals surface area contributed by atoms with Crippen molar-refractivity contribution in [2.45, 2.75) is 12.2 Å². The number of anilines is 2. The minimum absolute atomic E-state index is 0.0802. The van der Waals surface area contributed by atoms with Crippen molar-refractivity contribution in [3.63, 3.8) is 0 Å². The molecule has 3 rings (SSSR count). The summed E-state index contributed by atoms with van der Waals surface area (Å²) < 4.78 is 51.3. The number of nitrogens with one attached hydrogen (secondary N) is 1. The van der Waals surface area contributed by atoms with E-state index in [1.54, 1.807) is 4.90 Å². The van der Waals surface area contributed by atoms with E-state index in [9.17, 15) is 17.6 Å². The van der Waals surface area contributed by atoms with Crippen LogP contribution in [0.15, 0.2) is 30.9 Å². The Balaban J connectivity index is 1.63. The van der Waals surface area contributed by atoms with E-state index in [4.69, 9.17) is 0 Å². The van der Waals surface area contributed by atoms with Gasteiger partial charge < -0.3 is 10.2 Å². The molecule has 2 aromatic heterocycles. The van der Waals surface area contributed by atoms with Gasteiger partial charge in [-0.25, -0.2) is 19.3 Å². The van der Waals surface area contributed by atoms with Crippen molar-refractivity contribution < 1.29 is 17.6 Å². The SMILES string of the molecule is Fc1cncnc1NC1CN(c2cc(C(F)(F)F)ccn2)C1. The highest BCUT2D eigenvalue weighted by Gasteiger charge is 2.33. The summed E-state index contributed by atoms with van der Waals surface area (Å²) in [5.74, 6) is -0.245. The second kappa shape index (κ2) is 5.39. The number of hydrogen-bond acceptors (Lipinski definition) is 5. The third-order valence-corrected chi connectivity index (χ3v) is 3.29.